The van der Waals surface area contributed by atoms with Crippen molar-refractivity contribution in [2.45, 2.75) is 6.42 Å². The zero-order chi connectivity index (χ0) is 14.5. The first-order valence-corrected chi connectivity index (χ1v) is 5.94. The summed E-state index contributed by atoms with van der Waals surface area (Å²) in [5, 5.41) is 4.25. The minimum Gasteiger partial charge on any atom is -0.469 e. The van der Waals surface area contributed by atoms with Gasteiger partial charge in [0.25, 0.3) is 0 Å². The monoisotopic (exact) mass is 274 g/mol. The SMILES string of the molecule is COC(=O)Cc1nn(-c2ccccc2)cc1C(=O)OC. The molecule has 0 unspecified atom stereocenters. The first kappa shape index (κ1) is 13.8. The average molecular weight is 274 g/mol. The molecule has 0 radical (unpaired) electrons. The Labute approximate surface area is 115 Å². The van der Waals surface area contributed by atoms with E-state index >= 15 is 0 Å². The number of methoxy groups -OCH3 is 2. The van der Waals surface area contributed by atoms with E-state index in [9.17, 15) is 9.59 Å². The smallest absolute Gasteiger partial charge is 0.341 e. The number of ether oxygens (including phenoxy) is 2. The molecule has 0 amide bonds. The van der Waals surface area contributed by atoms with Crippen LogP contribution < -0.4 is 0 Å². The van der Waals surface area contributed by atoms with Crippen LogP contribution in [0.4, 0.5) is 0 Å². The van der Waals surface area contributed by atoms with Crippen molar-refractivity contribution in [3.63, 3.8) is 0 Å². The molecule has 0 aliphatic rings. The molecule has 0 aliphatic heterocycles. The fourth-order valence-electron chi connectivity index (χ4n) is 1.74. The zero-order valence-corrected chi connectivity index (χ0v) is 11.2. The molecule has 0 saturated carbocycles. The van der Waals surface area contributed by atoms with Crippen molar-refractivity contribution in [2.75, 3.05) is 14.2 Å². The van der Waals surface area contributed by atoms with Gasteiger partial charge in [-0.1, -0.05) is 18.2 Å². The summed E-state index contributed by atoms with van der Waals surface area (Å²) in [6.07, 6.45) is 1.46. The molecule has 104 valence electrons. The number of nitrogens with zero attached hydrogens (tertiary/aromatic N) is 2. The van der Waals surface area contributed by atoms with Crippen molar-refractivity contribution in [3.8, 4) is 5.69 Å². The summed E-state index contributed by atoms with van der Waals surface area (Å²) in [4.78, 5) is 23.1. The number of hydrogen-bond acceptors (Lipinski definition) is 5. The van der Waals surface area contributed by atoms with Gasteiger partial charge in [-0.25, -0.2) is 9.48 Å². The molecule has 0 spiro atoms. The predicted octanol–water partition coefficient (Wildman–Crippen LogP) is 1.37. The van der Waals surface area contributed by atoms with E-state index in [0.717, 1.165) is 5.69 Å². The van der Waals surface area contributed by atoms with Gasteiger partial charge in [0.2, 0.25) is 0 Å². The second kappa shape index (κ2) is 6.01. The van der Waals surface area contributed by atoms with Gasteiger partial charge in [0.05, 0.1) is 32.0 Å². The number of esters is 2. The number of rotatable bonds is 4. The number of para-hydroxylation sites is 1. The van der Waals surface area contributed by atoms with E-state index in [1.54, 1.807) is 6.20 Å². The van der Waals surface area contributed by atoms with Crippen LogP contribution in [0.2, 0.25) is 0 Å². The fraction of sp³-hybridized carbons (Fsp3) is 0.214. The van der Waals surface area contributed by atoms with Crippen molar-refractivity contribution >= 4 is 11.9 Å². The third kappa shape index (κ3) is 2.85. The Hall–Kier alpha value is -2.63. The van der Waals surface area contributed by atoms with Crippen LogP contribution in [0.25, 0.3) is 5.69 Å². The predicted molar refractivity (Wildman–Crippen MR) is 70.6 cm³/mol. The summed E-state index contributed by atoms with van der Waals surface area (Å²) >= 11 is 0. The lowest BCUT2D eigenvalue weighted by molar-refractivity contribution is -0.139. The molecule has 0 bridgehead atoms. The van der Waals surface area contributed by atoms with Gasteiger partial charge in [-0.2, -0.15) is 5.10 Å². The summed E-state index contributed by atoms with van der Waals surface area (Å²) in [6.45, 7) is 0. The molecular weight excluding hydrogens is 260 g/mol. The topological polar surface area (TPSA) is 70.4 Å². The molecule has 20 heavy (non-hydrogen) atoms. The molecule has 0 N–H and O–H groups in total. The maximum Gasteiger partial charge on any atom is 0.341 e. The Morgan fingerprint density at radius 1 is 1.15 bits per heavy atom. The maximum absolute atomic E-state index is 11.7. The molecular formula is C14H14N2O4. The van der Waals surface area contributed by atoms with Crippen LogP contribution in [0.1, 0.15) is 16.1 Å². The van der Waals surface area contributed by atoms with Crippen LogP contribution in [-0.2, 0) is 20.7 Å². The third-order valence-electron chi connectivity index (χ3n) is 2.76. The highest BCUT2D eigenvalue weighted by Crippen LogP contribution is 2.14. The van der Waals surface area contributed by atoms with Gasteiger partial charge in [0.15, 0.2) is 0 Å². The first-order chi connectivity index (χ1) is 9.65. The van der Waals surface area contributed by atoms with Crippen LogP contribution >= 0.6 is 0 Å². The van der Waals surface area contributed by atoms with Gasteiger partial charge < -0.3 is 9.47 Å². The summed E-state index contributed by atoms with van der Waals surface area (Å²) in [7, 11) is 2.57. The van der Waals surface area contributed by atoms with Crippen LogP contribution in [-0.4, -0.2) is 35.9 Å². The van der Waals surface area contributed by atoms with Crippen LogP contribution in [0.5, 0.6) is 0 Å². The van der Waals surface area contributed by atoms with Crippen LogP contribution in [0.15, 0.2) is 36.5 Å². The lowest BCUT2D eigenvalue weighted by Gasteiger charge is -1.99. The van der Waals surface area contributed by atoms with Crippen LogP contribution in [0, 0.1) is 0 Å². The number of benzene rings is 1. The number of carbonyl (C=O) groups is 2. The van der Waals surface area contributed by atoms with Crippen molar-refractivity contribution in [1.82, 2.24) is 9.78 Å². The maximum atomic E-state index is 11.7. The molecule has 6 nitrogen and oxygen atoms in total. The molecule has 0 saturated heterocycles. The second-order valence-corrected chi connectivity index (χ2v) is 4.01. The van der Waals surface area contributed by atoms with Gasteiger partial charge in [0, 0.05) is 6.20 Å². The Balaban J connectivity index is 2.41. The molecule has 2 rings (SSSR count). The highest BCUT2D eigenvalue weighted by Gasteiger charge is 2.20. The minimum absolute atomic E-state index is 0.0826. The molecule has 2 aromatic rings. The number of aromatic nitrogens is 2. The second-order valence-electron chi connectivity index (χ2n) is 4.01. The fourth-order valence-corrected chi connectivity index (χ4v) is 1.74. The molecule has 0 fully saturated rings. The lowest BCUT2D eigenvalue weighted by Crippen LogP contribution is -2.10. The normalized spacial score (nSPS) is 10.1. The van der Waals surface area contributed by atoms with E-state index in [0.29, 0.717) is 5.69 Å². The molecule has 1 aromatic carbocycles. The zero-order valence-electron chi connectivity index (χ0n) is 11.2. The van der Waals surface area contributed by atoms with E-state index in [4.69, 9.17) is 4.74 Å². The van der Waals surface area contributed by atoms with E-state index in [1.807, 2.05) is 30.3 Å². The quantitative estimate of drug-likeness (QED) is 0.788. The Morgan fingerprint density at radius 2 is 1.85 bits per heavy atom. The summed E-state index contributed by atoms with van der Waals surface area (Å²) < 4.78 is 10.8. The summed E-state index contributed by atoms with van der Waals surface area (Å²) in [5.74, 6) is -1.00. The Morgan fingerprint density at radius 3 is 2.45 bits per heavy atom. The van der Waals surface area contributed by atoms with Gasteiger partial charge in [-0.05, 0) is 12.1 Å². The van der Waals surface area contributed by atoms with Crippen molar-refractivity contribution in [3.05, 3.63) is 47.8 Å². The van der Waals surface area contributed by atoms with Crippen molar-refractivity contribution < 1.29 is 19.1 Å². The van der Waals surface area contributed by atoms with Gasteiger partial charge in [-0.15, -0.1) is 0 Å². The molecule has 6 heteroatoms. The standard InChI is InChI=1S/C14H14N2O4/c1-19-13(17)8-12-11(14(18)20-2)9-16(15-12)10-6-4-3-5-7-10/h3-7,9H,8H2,1-2H3. The summed E-state index contributed by atoms with van der Waals surface area (Å²) in [6, 6.07) is 9.28. The van der Waals surface area contributed by atoms with E-state index in [2.05, 4.69) is 9.84 Å². The van der Waals surface area contributed by atoms with E-state index in [-0.39, 0.29) is 12.0 Å². The largest absolute Gasteiger partial charge is 0.469 e. The lowest BCUT2D eigenvalue weighted by atomic mass is 10.2. The van der Waals surface area contributed by atoms with Gasteiger partial charge in [0.1, 0.15) is 5.56 Å². The minimum atomic E-state index is -0.536. The van der Waals surface area contributed by atoms with Crippen molar-refractivity contribution in [1.29, 1.82) is 0 Å². The first-order valence-electron chi connectivity index (χ1n) is 5.94. The molecule has 0 aliphatic carbocycles. The Bertz CT molecular complexity index is 619. The average Bonchev–Trinajstić information content (AvgIpc) is 2.91. The van der Waals surface area contributed by atoms with Gasteiger partial charge in [-0.3, -0.25) is 4.79 Å². The highest BCUT2D eigenvalue weighted by molar-refractivity contribution is 5.91. The Kier molecular flexibility index (Phi) is 4.14. The summed E-state index contributed by atoms with van der Waals surface area (Å²) in [5.41, 5.74) is 1.36. The number of hydrogen-bond donors (Lipinski definition) is 0. The number of carbonyl (C=O) groups excluding carboxylic acids is 2. The van der Waals surface area contributed by atoms with Gasteiger partial charge >= 0.3 is 11.9 Å². The highest BCUT2D eigenvalue weighted by atomic mass is 16.5. The molecule has 0 atom stereocenters. The van der Waals surface area contributed by atoms with E-state index < -0.39 is 11.9 Å². The van der Waals surface area contributed by atoms with E-state index in [1.165, 1.54) is 18.9 Å². The molecule has 1 heterocycles. The van der Waals surface area contributed by atoms with Crippen molar-refractivity contribution in [2.24, 2.45) is 0 Å². The molecule has 1 aromatic heterocycles. The third-order valence-corrected chi connectivity index (χ3v) is 2.76. The van der Waals surface area contributed by atoms with Crippen LogP contribution in [0.3, 0.4) is 0 Å².